The van der Waals surface area contributed by atoms with E-state index < -0.39 is 23.1 Å². The molecule has 3 N–H and O–H groups in total. The lowest BCUT2D eigenvalue weighted by Gasteiger charge is -2.31. The third-order valence-electron chi connectivity index (χ3n) is 5.36. The molecule has 1 aromatic rings. The van der Waals surface area contributed by atoms with Crippen LogP contribution in [0.15, 0.2) is 42.5 Å². The molecule has 0 saturated carbocycles. The number of fused-ring (bicyclic) bond motifs is 1. The van der Waals surface area contributed by atoms with Crippen LogP contribution in [0.1, 0.15) is 5.56 Å². The molecule has 0 radical (unpaired) electrons. The van der Waals surface area contributed by atoms with Gasteiger partial charge in [0, 0.05) is 18.5 Å². The minimum atomic E-state index is -1.06. The molecule has 1 spiro atoms. The fourth-order valence-electron chi connectivity index (χ4n) is 4.45. The topological polar surface area (TPSA) is 78.8 Å². The van der Waals surface area contributed by atoms with Crippen molar-refractivity contribution in [3.8, 4) is 0 Å². The maximum Gasteiger partial charge on any atom is 0.310 e. The second kappa shape index (κ2) is 4.65. The molecule has 0 unspecified atom stereocenters. The fourth-order valence-corrected chi connectivity index (χ4v) is 4.45. The van der Waals surface area contributed by atoms with Gasteiger partial charge in [-0.3, -0.25) is 4.79 Å². The van der Waals surface area contributed by atoms with Crippen LogP contribution in [0.4, 0.5) is 0 Å². The number of carboxylic acids is 1. The highest BCUT2D eigenvalue weighted by Crippen LogP contribution is 2.57. The van der Waals surface area contributed by atoms with Gasteiger partial charge in [-0.25, -0.2) is 0 Å². The summed E-state index contributed by atoms with van der Waals surface area (Å²) in [5.74, 6) is -1.78. The lowest BCUT2D eigenvalue weighted by Crippen LogP contribution is -2.48. The largest absolute Gasteiger partial charge is 0.481 e. The van der Waals surface area contributed by atoms with E-state index >= 15 is 0 Å². The number of rotatable bonds is 4. The van der Waals surface area contributed by atoms with Crippen molar-refractivity contribution >= 4 is 5.97 Å². The predicted molar refractivity (Wildman–Crippen MR) is 79.3 cm³/mol. The molecule has 2 saturated heterocycles. The Labute approximate surface area is 128 Å². The second-order valence-corrected chi connectivity index (χ2v) is 6.52. The van der Waals surface area contributed by atoms with E-state index in [1.807, 2.05) is 36.4 Å². The average Bonchev–Trinajstić information content (AvgIpc) is 3.15. The van der Waals surface area contributed by atoms with Crippen molar-refractivity contribution in [2.24, 2.45) is 11.8 Å². The molecule has 5 heteroatoms. The number of hydrogen-bond acceptors (Lipinski definition) is 4. The minimum absolute atomic E-state index is 0.0295. The monoisotopic (exact) mass is 301 g/mol. The smallest absolute Gasteiger partial charge is 0.310 e. The maximum atomic E-state index is 11.8. The Hall–Kier alpha value is -1.69. The number of carbonyl (C=O) groups is 1. The van der Waals surface area contributed by atoms with Crippen molar-refractivity contribution in [3.05, 3.63) is 48.0 Å². The number of hydrogen-bond donors (Lipinski definition) is 3. The van der Waals surface area contributed by atoms with Gasteiger partial charge in [-0.1, -0.05) is 42.5 Å². The summed E-state index contributed by atoms with van der Waals surface area (Å²) in [5.41, 5.74) is -0.482. The van der Waals surface area contributed by atoms with Crippen LogP contribution in [0.3, 0.4) is 0 Å². The Morgan fingerprint density at radius 3 is 2.77 bits per heavy atom. The number of benzene rings is 1. The van der Waals surface area contributed by atoms with Crippen molar-refractivity contribution < 1.29 is 19.7 Å². The summed E-state index contributed by atoms with van der Waals surface area (Å²) >= 11 is 0. The SMILES string of the molecule is O=C(O)[C@@H]1[C@H]2[C@H](Cc3ccccc3)NC[C@]23C=C[C@@]1(CO)O3. The Kier molecular flexibility index (Phi) is 2.95. The van der Waals surface area contributed by atoms with E-state index in [0.29, 0.717) is 6.54 Å². The zero-order valence-electron chi connectivity index (χ0n) is 12.1. The summed E-state index contributed by atoms with van der Waals surface area (Å²) in [4.78, 5) is 11.8. The molecule has 0 amide bonds. The molecule has 5 atom stereocenters. The highest BCUT2D eigenvalue weighted by molar-refractivity contribution is 5.75. The number of aliphatic hydroxyl groups excluding tert-OH is 1. The summed E-state index contributed by atoms with van der Waals surface area (Å²) < 4.78 is 6.06. The van der Waals surface area contributed by atoms with E-state index in [9.17, 15) is 15.0 Å². The molecule has 3 heterocycles. The molecule has 22 heavy (non-hydrogen) atoms. The van der Waals surface area contributed by atoms with Gasteiger partial charge < -0.3 is 20.3 Å². The van der Waals surface area contributed by atoms with E-state index in [2.05, 4.69) is 5.32 Å². The van der Waals surface area contributed by atoms with Gasteiger partial charge in [-0.05, 0) is 12.0 Å². The van der Waals surface area contributed by atoms with Crippen LogP contribution in [-0.4, -0.2) is 46.6 Å². The van der Waals surface area contributed by atoms with Gasteiger partial charge in [0.1, 0.15) is 11.2 Å². The van der Waals surface area contributed by atoms with E-state index in [4.69, 9.17) is 4.74 Å². The second-order valence-electron chi connectivity index (χ2n) is 6.52. The van der Waals surface area contributed by atoms with Crippen molar-refractivity contribution in [2.45, 2.75) is 23.7 Å². The third kappa shape index (κ3) is 1.73. The summed E-state index contributed by atoms with van der Waals surface area (Å²) in [6.45, 7) is 0.300. The number of ether oxygens (including phenoxy) is 1. The molecule has 2 bridgehead atoms. The first-order valence-corrected chi connectivity index (χ1v) is 7.62. The molecule has 5 nitrogen and oxygen atoms in total. The molecule has 4 rings (SSSR count). The molecule has 0 aliphatic carbocycles. The molecular formula is C17H19NO4. The van der Waals surface area contributed by atoms with Crippen LogP contribution in [0, 0.1) is 11.8 Å². The predicted octanol–water partition coefficient (Wildman–Crippen LogP) is 0.588. The van der Waals surface area contributed by atoms with Gasteiger partial charge in [0.15, 0.2) is 0 Å². The number of aliphatic carboxylic acids is 1. The first-order chi connectivity index (χ1) is 10.6. The Balaban J connectivity index is 1.68. The number of nitrogens with one attached hydrogen (secondary N) is 1. The molecule has 3 aliphatic heterocycles. The van der Waals surface area contributed by atoms with Gasteiger partial charge in [0.05, 0.1) is 12.5 Å². The number of carboxylic acid groups (broad SMARTS) is 1. The zero-order chi connectivity index (χ0) is 15.4. The van der Waals surface area contributed by atoms with Crippen molar-refractivity contribution in [2.75, 3.05) is 13.2 Å². The Bertz CT molecular complexity index is 631. The average molecular weight is 301 g/mol. The lowest BCUT2D eigenvalue weighted by atomic mass is 9.69. The van der Waals surface area contributed by atoms with Gasteiger partial charge in [0.25, 0.3) is 0 Å². The normalized spacial score (nSPS) is 41.8. The minimum Gasteiger partial charge on any atom is -0.481 e. The number of aliphatic hydroxyl groups is 1. The zero-order valence-corrected chi connectivity index (χ0v) is 12.1. The Morgan fingerprint density at radius 2 is 2.09 bits per heavy atom. The van der Waals surface area contributed by atoms with Crippen LogP contribution < -0.4 is 5.32 Å². The first-order valence-electron chi connectivity index (χ1n) is 7.62. The highest BCUT2D eigenvalue weighted by atomic mass is 16.6. The molecule has 116 valence electrons. The highest BCUT2D eigenvalue weighted by Gasteiger charge is 2.70. The summed E-state index contributed by atoms with van der Waals surface area (Å²) in [6.07, 6.45) is 4.45. The van der Waals surface area contributed by atoms with E-state index in [1.165, 1.54) is 5.56 Å². The van der Waals surface area contributed by atoms with E-state index in [0.717, 1.165) is 6.42 Å². The summed E-state index contributed by atoms with van der Waals surface area (Å²) in [6, 6.07) is 10.1. The van der Waals surface area contributed by atoms with Crippen LogP contribution in [0.25, 0.3) is 0 Å². The van der Waals surface area contributed by atoms with Crippen molar-refractivity contribution in [3.63, 3.8) is 0 Å². The van der Waals surface area contributed by atoms with Crippen LogP contribution in [0.5, 0.6) is 0 Å². The van der Waals surface area contributed by atoms with Crippen molar-refractivity contribution in [1.29, 1.82) is 0 Å². The van der Waals surface area contributed by atoms with Crippen molar-refractivity contribution in [1.82, 2.24) is 5.32 Å². The quantitative estimate of drug-likeness (QED) is 0.709. The third-order valence-corrected chi connectivity index (χ3v) is 5.36. The molecule has 3 aliphatic rings. The lowest BCUT2D eigenvalue weighted by molar-refractivity contribution is -0.149. The maximum absolute atomic E-state index is 11.8. The molecule has 0 aromatic heterocycles. The standard InChI is InChI=1S/C17H19NO4/c19-10-17-7-6-16(22-17)9-18-12(13(16)14(17)15(20)21)8-11-4-2-1-3-5-11/h1-7,12-14,18-19H,8-10H2,(H,20,21)/t12-,13+,14-,16+,17-/m0/s1. The summed E-state index contributed by atoms with van der Waals surface area (Å²) in [7, 11) is 0. The molecule has 2 fully saturated rings. The van der Waals surface area contributed by atoms with Gasteiger partial charge in [-0.2, -0.15) is 0 Å². The summed E-state index contributed by atoms with van der Waals surface area (Å²) in [5, 5.41) is 22.9. The molecule has 1 aromatic carbocycles. The van der Waals surface area contributed by atoms with E-state index in [-0.39, 0.29) is 18.6 Å². The van der Waals surface area contributed by atoms with Gasteiger partial charge in [0.2, 0.25) is 0 Å². The first kappa shape index (κ1) is 13.9. The van der Waals surface area contributed by atoms with Crippen LogP contribution >= 0.6 is 0 Å². The van der Waals surface area contributed by atoms with Crippen LogP contribution in [-0.2, 0) is 16.0 Å². The Morgan fingerprint density at radius 1 is 1.32 bits per heavy atom. The van der Waals surface area contributed by atoms with E-state index in [1.54, 1.807) is 6.08 Å². The fraction of sp³-hybridized carbons (Fsp3) is 0.471. The molecular weight excluding hydrogens is 282 g/mol. The van der Waals surface area contributed by atoms with Crippen LogP contribution in [0.2, 0.25) is 0 Å². The van der Waals surface area contributed by atoms with Gasteiger partial charge in [-0.15, -0.1) is 0 Å². The van der Waals surface area contributed by atoms with Gasteiger partial charge >= 0.3 is 5.97 Å².